The number of aromatic nitrogens is 2. The average molecular weight is 408 g/mol. The zero-order chi connectivity index (χ0) is 20.8. The highest BCUT2D eigenvalue weighted by molar-refractivity contribution is 5.73. The lowest BCUT2D eigenvalue weighted by Crippen LogP contribution is -2.40. The van der Waals surface area contributed by atoms with Crippen molar-refractivity contribution in [2.75, 3.05) is 30.3 Å². The van der Waals surface area contributed by atoms with Crippen LogP contribution < -0.4 is 10.6 Å². The van der Waals surface area contributed by atoms with E-state index in [1.54, 1.807) is 6.92 Å². The topological polar surface area (TPSA) is 70.2 Å². The summed E-state index contributed by atoms with van der Waals surface area (Å²) in [6.45, 7) is 4.22. The molecule has 30 heavy (non-hydrogen) atoms. The number of hydrogen-bond acceptors (Lipinski definition) is 5. The fourth-order valence-corrected chi connectivity index (χ4v) is 4.59. The SMILES string of the molecule is CC(=O)N1CCCC(CNc2cccc(-c3ccnc(NC4CCCCC4)c3)n2)C1. The Balaban J connectivity index is 1.38. The van der Waals surface area contributed by atoms with E-state index in [1.165, 1.54) is 32.1 Å². The number of piperidine rings is 1. The molecule has 1 saturated heterocycles. The highest BCUT2D eigenvalue weighted by Crippen LogP contribution is 2.25. The Morgan fingerprint density at radius 1 is 1.10 bits per heavy atom. The number of rotatable bonds is 6. The molecule has 0 bridgehead atoms. The lowest BCUT2D eigenvalue weighted by molar-refractivity contribution is -0.130. The van der Waals surface area contributed by atoms with E-state index >= 15 is 0 Å². The third kappa shape index (κ3) is 5.49. The molecule has 1 aliphatic heterocycles. The lowest BCUT2D eigenvalue weighted by atomic mass is 9.95. The summed E-state index contributed by atoms with van der Waals surface area (Å²) in [6.07, 6.45) is 10.5. The molecule has 2 aromatic heterocycles. The van der Waals surface area contributed by atoms with Crippen molar-refractivity contribution in [3.8, 4) is 11.3 Å². The number of amides is 1. The van der Waals surface area contributed by atoms with Crippen LogP contribution in [0.1, 0.15) is 51.9 Å². The summed E-state index contributed by atoms with van der Waals surface area (Å²) in [7, 11) is 0. The molecule has 0 aromatic carbocycles. The number of nitrogens with zero attached hydrogens (tertiary/aromatic N) is 3. The fraction of sp³-hybridized carbons (Fsp3) is 0.542. The number of likely N-dealkylation sites (tertiary alicyclic amines) is 1. The van der Waals surface area contributed by atoms with Crippen LogP contribution in [0.5, 0.6) is 0 Å². The standard InChI is InChI=1S/C24H33N5O/c1-18(30)29-14-6-7-19(17-29)16-26-23-11-5-10-22(28-23)20-12-13-25-24(15-20)27-21-8-3-2-4-9-21/h5,10-13,15,19,21H,2-4,6-9,14,16-17H2,1H3,(H,25,27)(H,26,28). The normalized spacial score (nSPS) is 20.0. The summed E-state index contributed by atoms with van der Waals surface area (Å²) in [5.41, 5.74) is 2.02. The summed E-state index contributed by atoms with van der Waals surface area (Å²) in [5, 5.41) is 7.08. The third-order valence-electron chi connectivity index (χ3n) is 6.30. The molecule has 1 amide bonds. The number of nitrogens with one attached hydrogen (secondary N) is 2. The van der Waals surface area contributed by atoms with Crippen LogP contribution in [0, 0.1) is 5.92 Å². The van der Waals surface area contributed by atoms with Crippen LogP contribution in [0.15, 0.2) is 36.5 Å². The van der Waals surface area contributed by atoms with E-state index in [4.69, 9.17) is 4.98 Å². The van der Waals surface area contributed by atoms with Gasteiger partial charge in [-0.2, -0.15) is 0 Å². The molecule has 1 saturated carbocycles. The molecule has 6 nitrogen and oxygen atoms in total. The van der Waals surface area contributed by atoms with Crippen LogP contribution in [0.4, 0.5) is 11.6 Å². The van der Waals surface area contributed by atoms with Crippen LogP contribution in [0.2, 0.25) is 0 Å². The minimum Gasteiger partial charge on any atom is -0.370 e. The van der Waals surface area contributed by atoms with Crippen molar-refractivity contribution in [1.29, 1.82) is 0 Å². The first-order chi connectivity index (χ1) is 14.7. The summed E-state index contributed by atoms with van der Waals surface area (Å²) in [4.78, 5) is 22.9. The van der Waals surface area contributed by atoms with Crippen LogP contribution in [-0.4, -0.2) is 46.5 Å². The molecule has 2 aliphatic rings. The van der Waals surface area contributed by atoms with Gasteiger partial charge in [0.15, 0.2) is 0 Å². The number of hydrogen-bond donors (Lipinski definition) is 2. The van der Waals surface area contributed by atoms with Gasteiger partial charge < -0.3 is 15.5 Å². The zero-order valence-electron chi connectivity index (χ0n) is 17.9. The Hall–Kier alpha value is -2.63. The molecule has 2 fully saturated rings. The Morgan fingerprint density at radius 2 is 1.97 bits per heavy atom. The Bertz CT molecular complexity index is 849. The van der Waals surface area contributed by atoms with Crippen LogP contribution in [-0.2, 0) is 4.79 Å². The van der Waals surface area contributed by atoms with Gasteiger partial charge in [0.05, 0.1) is 5.69 Å². The van der Waals surface area contributed by atoms with Gasteiger partial charge in [-0.3, -0.25) is 4.79 Å². The Kier molecular flexibility index (Phi) is 6.82. The first-order valence-corrected chi connectivity index (χ1v) is 11.4. The van der Waals surface area contributed by atoms with E-state index in [-0.39, 0.29) is 5.91 Å². The van der Waals surface area contributed by atoms with E-state index < -0.39 is 0 Å². The predicted octanol–water partition coefficient (Wildman–Crippen LogP) is 4.56. The first-order valence-electron chi connectivity index (χ1n) is 11.4. The van der Waals surface area contributed by atoms with Crippen molar-refractivity contribution in [3.63, 3.8) is 0 Å². The quantitative estimate of drug-likeness (QED) is 0.735. The molecular formula is C24H33N5O. The minimum atomic E-state index is 0.176. The largest absolute Gasteiger partial charge is 0.370 e. The molecular weight excluding hydrogens is 374 g/mol. The van der Waals surface area contributed by atoms with Crippen LogP contribution in [0.25, 0.3) is 11.3 Å². The van der Waals surface area contributed by atoms with Gasteiger partial charge in [-0.15, -0.1) is 0 Å². The van der Waals surface area contributed by atoms with Gasteiger partial charge in [0.2, 0.25) is 5.91 Å². The Labute approximate surface area is 179 Å². The minimum absolute atomic E-state index is 0.176. The van der Waals surface area contributed by atoms with E-state index in [9.17, 15) is 4.79 Å². The molecule has 2 N–H and O–H groups in total. The third-order valence-corrected chi connectivity index (χ3v) is 6.30. The summed E-state index contributed by atoms with van der Waals surface area (Å²) < 4.78 is 0. The second-order valence-corrected chi connectivity index (χ2v) is 8.67. The molecule has 6 heteroatoms. The maximum absolute atomic E-state index is 11.7. The van der Waals surface area contributed by atoms with Crippen molar-refractivity contribution in [1.82, 2.24) is 14.9 Å². The smallest absolute Gasteiger partial charge is 0.219 e. The molecule has 0 spiro atoms. The molecule has 1 aliphatic carbocycles. The van der Waals surface area contributed by atoms with Gasteiger partial charge in [-0.25, -0.2) is 9.97 Å². The van der Waals surface area contributed by atoms with Gasteiger partial charge >= 0.3 is 0 Å². The maximum Gasteiger partial charge on any atom is 0.219 e. The van der Waals surface area contributed by atoms with E-state index in [2.05, 4.69) is 21.7 Å². The van der Waals surface area contributed by atoms with Crippen molar-refractivity contribution in [2.24, 2.45) is 5.92 Å². The second-order valence-electron chi connectivity index (χ2n) is 8.67. The van der Waals surface area contributed by atoms with Crippen LogP contribution >= 0.6 is 0 Å². The molecule has 1 unspecified atom stereocenters. The second kappa shape index (κ2) is 9.92. The number of carbonyl (C=O) groups excluding carboxylic acids is 1. The maximum atomic E-state index is 11.7. The summed E-state index contributed by atoms with van der Waals surface area (Å²) in [6, 6.07) is 10.8. The highest BCUT2D eigenvalue weighted by Gasteiger charge is 2.21. The lowest BCUT2D eigenvalue weighted by Gasteiger charge is -2.32. The molecule has 0 radical (unpaired) electrons. The number of carbonyl (C=O) groups is 1. The summed E-state index contributed by atoms with van der Waals surface area (Å²) in [5.74, 6) is 2.47. The van der Waals surface area contributed by atoms with Gasteiger partial charge in [0.25, 0.3) is 0 Å². The van der Waals surface area contributed by atoms with Gasteiger partial charge in [-0.05, 0) is 55.9 Å². The predicted molar refractivity (Wildman–Crippen MR) is 121 cm³/mol. The van der Waals surface area contributed by atoms with Crippen molar-refractivity contribution < 1.29 is 4.79 Å². The molecule has 1 atom stereocenters. The monoisotopic (exact) mass is 407 g/mol. The van der Waals surface area contributed by atoms with Gasteiger partial charge in [0, 0.05) is 44.4 Å². The van der Waals surface area contributed by atoms with Gasteiger partial charge in [-0.1, -0.05) is 25.3 Å². The average Bonchev–Trinajstić information content (AvgIpc) is 2.79. The molecule has 160 valence electrons. The number of anilines is 2. The van der Waals surface area contributed by atoms with E-state index in [0.29, 0.717) is 12.0 Å². The zero-order valence-corrected chi connectivity index (χ0v) is 17.9. The Morgan fingerprint density at radius 3 is 2.80 bits per heavy atom. The van der Waals surface area contributed by atoms with E-state index in [0.717, 1.165) is 55.4 Å². The van der Waals surface area contributed by atoms with Crippen molar-refractivity contribution in [2.45, 2.75) is 57.9 Å². The fourth-order valence-electron chi connectivity index (χ4n) is 4.59. The van der Waals surface area contributed by atoms with Gasteiger partial charge in [0.1, 0.15) is 11.6 Å². The first kappa shape index (κ1) is 20.6. The molecule has 4 rings (SSSR count). The van der Waals surface area contributed by atoms with Crippen molar-refractivity contribution in [3.05, 3.63) is 36.5 Å². The van der Waals surface area contributed by atoms with Crippen molar-refractivity contribution >= 4 is 17.5 Å². The summed E-state index contributed by atoms with van der Waals surface area (Å²) >= 11 is 0. The van der Waals surface area contributed by atoms with E-state index in [1.807, 2.05) is 35.4 Å². The van der Waals surface area contributed by atoms with Crippen LogP contribution in [0.3, 0.4) is 0 Å². The highest BCUT2D eigenvalue weighted by atomic mass is 16.2. The molecule has 2 aromatic rings. The number of pyridine rings is 2. The molecule has 3 heterocycles.